The molecule has 0 aliphatic carbocycles. The van der Waals surface area contributed by atoms with Crippen molar-refractivity contribution in [3.63, 3.8) is 0 Å². The maximum Gasteiger partial charge on any atom is 0.152 e. The van der Waals surface area contributed by atoms with Gasteiger partial charge in [-0.15, -0.1) is 0 Å². The number of aryl methyl sites for hydroxylation is 2. The van der Waals surface area contributed by atoms with E-state index < -0.39 is 17.5 Å². The monoisotopic (exact) mass is 289 g/mol. The first-order valence-corrected chi connectivity index (χ1v) is 5.84. The van der Waals surface area contributed by atoms with Gasteiger partial charge in [-0.2, -0.15) is 5.10 Å². The summed E-state index contributed by atoms with van der Waals surface area (Å²) in [5, 5.41) is 7.03. The standard InChI is InChI=1S/C12H11ClF3N3/c1-6-8(12(13)19(2)18-6)5-17-11-9(15)3-7(14)4-10(11)16/h3-4,17H,5H2,1-2H3. The van der Waals surface area contributed by atoms with E-state index in [-0.39, 0.29) is 12.2 Å². The molecule has 0 saturated carbocycles. The number of rotatable bonds is 3. The van der Waals surface area contributed by atoms with E-state index >= 15 is 0 Å². The third-order valence-electron chi connectivity index (χ3n) is 2.72. The van der Waals surface area contributed by atoms with E-state index in [0.29, 0.717) is 28.5 Å². The third-order valence-corrected chi connectivity index (χ3v) is 3.19. The van der Waals surface area contributed by atoms with Crippen molar-refractivity contribution in [1.29, 1.82) is 0 Å². The van der Waals surface area contributed by atoms with Gasteiger partial charge in [-0.25, -0.2) is 13.2 Å². The van der Waals surface area contributed by atoms with E-state index in [1.54, 1.807) is 14.0 Å². The molecule has 2 rings (SSSR count). The fourth-order valence-electron chi connectivity index (χ4n) is 1.76. The molecule has 3 nitrogen and oxygen atoms in total. The maximum absolute atomic E-state index is 13.4. The van der Waals surface area contributed by atoms with Crippen LogP contribution < -0.4 is 5.32 Å². The Bertz CT molecular complexity index is 602. The number of hydrogen-bond acceptors (Lipinski definition) is 2. The number of anilines is 1. The van der Waals surface area contributed by atoms with Crippen molar-refractivity contribution in [1.82, 2.24) is 9.78 Å². The number of nitrogens with one attached hydrogen (secondary N) is 1. The summed E-state index contributed by atoms with van der Waals surface area (Å²) in [5.74, 6) is -2.94. The van der Waals surface area contributed by atoms with E-state index in [4.69, 9.17) is 11.6 Å². The summed E-state index contributed by atoms with van der Waals surface area (Å²) in [4.78, 5) is 0. The Balaban J connectivity index is 2.24. The van der Waals surface area contributed by atoms with Crippen LogP contribution >= 0.6 is 11.6 Å². The lowest BCUT2D eigenvalue weighted by Crippen LogP contribution is -2.05. The quantitative estimate of drug-likeness (QED) is 0.938. The van der Waals surface area contributed by atoms with Gasteiger partial charge >= 0.3 is 0 Å². The van der Waals surface area contributed by atoms with Crippen molar-refractivity contribution in [2.45, 2.75) is 13.5 Å². The molecule has 0 aliphatic heterocycles. The molecule has 1 aromatic heterocycles. The molecule has 7 heteroatoms. The smallest absolute Gasteiger partial charge is 0.152 e. The van der Waals surface area contributed by atoms with Crippen LogP contribution in [-0.2, 0) is 13.6 Å². The summed E-state index contributed by atoms with van der Waals surface area (Å²) < 4.78 is 41.1. The molecule has 1 N–H and O–H groups in total. The van der Waals surface area contributed by atoms with Gasteiger partial charge in [0.25, 0.3) is 0 Å². The minimum Gasteiger partial charge on any atom is -0.376 e. The normalized spacial score (nSPS) is 10.8. The van der Waals surface area contributed by atoms with Crippen molar-refractivity contribution in [2.75, 3.05) is 5.32 Å². The van der Waals surface area contributed by atoms with E-state index in [0.717, 1.165) is 0 Å². The molecule has 0 atom stereocenters. The molecule has 0 bridgehead atoms. The van der Waals surface area contributed by atoms with Crippen LogP contribution in [0.2, 0.25) is 5.15 Å². The van der Waals surface area contributed by atoms with Crippen molar-refractivity contribution in [2.24, 2.45) is 7.05 Å². The largest absolute Gasteiger partial charge is 0.376 e. The minimum atomic E-state index is -0.991. The summed E-state index contributed by atoms with van der Waals surface area (Å²) in [6, 6.07) is 1.23. The highest BCUT2D eigenvalue weighted by molar-refractivity contribution is 6.30. The molecule has 0 unspecified atom stereocenters. The second kappa shape index (κ2) is 5.13. The first kappa shape index (κ1) is 13.7. The van der Waals surface area contributed by atoms with Crippen LogP contribution in [0.4, 0.5) is 18.9 Å². The van der Waals surface area contributed by atoms with Crippen molar-refractivity contribution in [3.8, 4) is 0 Å². The van der Waals surface area contributed by atoms with E-state index in [9.17, 15) is 13.2 Å². The van der Waals surface area contributed by atoms with Crippen LogP contribution in [0.15, 0.2) is 12.1 Å². The van der Waals surface area contributed by atoms with Crippen LogP contribution in [0, 0.1) is 24.4 Å². The number of hydrogen-bond donors (Lipinski definition) is 1. The molecule has 0 saturated heterocycles. The van der Waals surface area contributed by atoms with Crippen LogP contribution in [-0.4, -0.2) is 9.78 Å². The second-order valence-electron chi connectivity index (χ2n) is 4.08. The summed E-state index contributed by atoms with van der Waals surface area (Å²) in [6.07, 6.45) is 0. The van der Waals surface area contributed by atoms with E-state index in [1.807, 2.05) is 0 Å². The average molecular weight is 290 g/mol. The molecular weight excluding hydrogens is 279 g/mol. The number of benzene rings is 1. The highest BCUT2D eigenvalue weighted by Crippen LogP contribution is 2.24. The van der Waals surface area contributed by atoms with Gasteiger partial charge in [-0.3, -0.25) is 4.68 Å². The molecular formula is C12H11ClF3N3. The fourth-order valence-corrected chi connectivity index (χ4v) is 2.00. The van der Waals surface area contributed by atoms with Crippen LogP contribution in [0.1, 0.15) is 11.3 Å². The topological polar surface area (TPSA) is 29.9 Å². The SMILES string of the molecule is Cc1nn(C)c(Cl)c1CNc1c(F)cc(F)cc1F. The molecule has 0 radical (unpaired) electrons. The molecule has 0 amide bonds. The van der Waals surface area contributed by atoms with Gasteiger partial charge < -0.3 is 5.32 Å². The summed E-state index contributed by atoms with van der Waals surface area (Å²) in [6.45, 7) is 1.83. The molecule has 102 valence electrons. The Labute approximate surface area is 113 Å². The van der Waals surface area contributed by atoms with Gasteiger partial charge in [0.15, 0.2) is 11.6 Å². The molecule has 0 spiro atoms. The zero-order chi connectivity index (χ0) is 14.2. The molecule has 0 fully saturated rings. The lowest BCUT2D eigenvalue weighted by Gasteiger charge is -2.09. The fraction of sp³-hybridized carbons (Fsp3) is 0.250. The van der Waals surface area contributed by atoms with Gasteiger partial charge in [0.1, 0.15) is 16.7 Å². The lowest BCUT2D eigenvalue weighted by atomic mass is 10.2. The van der Waals surface area contributed by atoms with Gasteiger partial charge in [-0.1, -0.05) is 11.6 Å². The van der Waals surface area contributed by atoms with Gasteiger partial charge in [0.05, 0.1) is 5.69 Å². The van der Waals surface area contributed by atoms with Crippen LogP contribution in [0.25, 0.3) is 0 Å². The number of aromatic nitrogens is 2. The van der Waals surface area contributed by atoms with E-state index in [1.165, 1.54) is 4.68 Å². The van der Waals surface area contributed by atoms with E-state index in [2.05, 4.69) is 10.4 Å². The van der Waals surface area contributed by atoms with Gasteiger partial charge in [-0.05, 0) is 6.92 Å². The number of halogens is 4. The lowest BCUT2D eigenvalue weighted by molar-refractivity contribution is 0.547. The second-order valence-corrected chi connectivity index (χ2v) is 4.43. The summed E-state index contributed by atoms with van der Waals surface area (Å²) in [5.41, 5.74) is 0.899. The molecule has 19 heavy (non-hydrogen) atoms. The predicted octanol–water partition coefficient (Wildman–Crippen LogP) is 3.41. The van der Waals surface area contributed by atoms with Crippen LogP contribution in [0.5, 0.6) is 0 Å². The van der Waals surface area contributed by atoms with Gasteiger partial charge in [0.2, 0.25) is 0 Å². The average Bonchev–Trinajstić information content (AvgIpc) is 2.53. The first-order chi connectivity index (χ1) is 8.90. The molecule has 1 aromatic carbocycles. The zero-order valence-corrected chi connectivity index (χ0v) is 11.0. The highest BCUT2D eigenvalue weighted by Gasteiger charge is 2.14. The Morgan fingerprint density at radius 2 is 1.84 bits per heavy atom. The summed E-state index contributed by atoms with van der Waals surface area (Å²) >= 11 is 6.00. The van der Waals surface area contributed by atoms with Crippen LogP contribution in [0.3, 0.4) is 0 Å². The predicted molar refractivity (Wildman–Crippen MR) is 66.6 cm³/mol. The van der Waals surface area contributed by atoms with Gasteiger partial charge in [0, 0.05) is 31.3 Å². The molecule has 0 aliphatic rings. The first-order valence-electron chi connectivity index (χ1n) is 5.46. The van der Waals surface area contributed by atoms with Crippen molar-refractivity contribution in [3.05, 3.63) is 46.0 Å². The molecule has 2 aromatic rings. The highest BCUT2D eigenvalue weighted by atomic mass is 35.5. The maximum atomic E-state index is 13.4. The zero-order valence-electron chi connectivity index (χ0n) is 10.3. The Morgan fingerprint density at radius 3 is 2.32 bits per heavy atom. The summed E-state index contributed by atoms with van der Waals surface area (Å²) in [7, 11) is 1.66. The van der Waals surface area contributed by atoms with Crippen molar-refractivity contribution >= 4 is 17.3 Å². The number of nitrogens with zero attached hydrogens (tertiary/aromatic N) is 2. The Kier molecular flexibility index (Phi) is 3.71. The Hall–Kier alpha value is -1.69. The Morgan fingerprint density at radius 1 is 1.26 bits per heavy atom. The minimum absolute atomic E-state index is 0.0952. The third kappa shape index (κ3) is 2.68. The van der Waals surface area contributed by atoms with Crippen molar-refractivity contribution < 1.29 is 13.2 Å². The molecule has 1 heterocycles.